The number of ether oxygens (including phenoxy) is 1. The summed E-state index contributed by atoms with van der Waals surface area (Å²) in [5.74, 6) is -1.03. The van der Waals surface area contributed by atoms with Gasteiger partial charge < -0.3 is 19.6 Å². The van der Waals surface area contributed by atoms with Gasteiger partial charge in [0.2, 0.25) is 0 Å². The Hall–Kier alpha value is -2.49. The molecule has 164 valence electrons. The van der Waals surface area contributed by atoms with Crippen LogP contribution in [0.1, 0.15) is 17.3 Å². The van der Waals surface area contributed by atoms with Gasteiger partial charge >= 0.3 is 5.97 Å². The molecule has 0 spiro atoms. The Kier molecular flexibility index (Phi) is 7.94. The third-order valence-electron chi connectivity index (χ3n) is 4.44. The molecule has 0 aliphatic carbocycles. The van der Waals surface area contributed by atoms with Gasteiger partial charge in [0.1, 0.15) is 10.6 Å². The fraction of sp³-hybridized carbons (Fsp3) is 0.350. The van der Waals surface area contributed by atoms with E-state index < -0.39 is 16.0 Å². The molecule has 0 heterocycles. The standard InChI is InChI=1S/C20H26ClN3O5S/c1-5-24(11-10-23(2)3)17-8-6-14(20(25)26)12-16(17)22-30(27,28)19-13-15(21)7-9-18(19)29-4/h6-9,12-13,22H,5,10-11H2,1-4H3,(H,25,26). The van der Waals surface area contributed by atoms with Gasteiger partial charge in [0.05, 0.1) is 24.0 Å². The monoisotopic (exact) mass is 455 g/mol. The van der Waals surface area contributed by atoms with Crippen molar-refractivity contribution in [2.45, 2.75) is 11.8 Å². The Morgan fingerprint density at radius 3 is 2.43 bits per heavy atom. The predicted molar refractivity (Wildman–Crippen MR) is 119 cm³/mol. The van der Waals surface area contributed by atoms with Crippen LogP contribution in [0.2, 0.25) is 5.02 Å². The van der Waals surface area contributed by atoms with Crippen molar-refractivity contribution in [3.05, 3.63) is 47.0 Å². The molecule has 10 heteroatoms. The maximum absolute atomic E-state index is 13.1. The number of carbonyl (C=O) groups is 1. The summed E-state index contributed by atoms with van der Waals surface area (Å²) in [6.45, 7) is 3.92. The number of rotatable bonds is 10. The molecule has 2 N–H and O–H groups in total. The minimum Gasteiger partial charge on any atom is -0.495 e. The molecule has 0 aliphatic heterocycles. The molecule has 0 bridgehead atoms. The number of carboxylic acid groups (broad SMARTS) is 1. The summed E-state index contributed by atoms with van der Waals surface area (Å²) in [5.41, 5.74) is 0.713. The Balaban J connectivity index is 2.54. The van der Waals surface area contributed by atoms with Crippen LogP contribution in [0.15, 0.2) is 41.3 Å². The van der Waals surface area contributed by atoms with Gasteiger partial charge in [-0.1, -0.05) is 11.6 Å². The molecule has 2 aromatic rings. The van der Waals surface area contributed by atoms with Crippen molar-refractivity contribution < 1.29 is 23.1 Å². The number of sulfonamides is 1. The number of likely N-dealkylation sites (N-methyl/N-ethyl adjacent to an activating group) is 2. The summed E-state index contributed by atoms with van der Waals surface area (Å²) < 4.78 is 33.9. The Bertz CT molecular complexity index is 1010. The second kappa shape index (κ2) is 10.0. The number of hydrogen-bond donors (Lipinski definition) is 2. The first kappa shape index (κ1) is 23.8. The molecule has 0 fully saturated rings. The number of methoxy groups -OCH3 is 1. The van der Waals surface area contributed by atoms with Gasteiger partial charge in [-0.3, -0.25) is 4.72 Å². The van der Waals surface area contributed by atoms with E-state index >= 15 is 0 Å². The second-order valence-corrected chi connectivity index (χ2v) is 8.91. The van der Waals surface area contributed by atoms with E-state index in [1.807, 2.05) is 30.8 Å². The molecule has 0 unspecified atom stereocenters. The van der Waals surface area contributed by atoms with Crippen molar-refractivity contribution in [2.24, 2.45) is 0 Å². The lowest BCUT2D eigenvalue weighted by molar-refractivity contribution is 0.0697. The first-order valence-corrected chi connectivity index (χ1v) is 11.1. The van der Waals surface area contributed by atoms with E-state index in [1.165, 1.54) is 37.4 Å². The van der Waals surface area contributed by atoms with E-state index in [0.29, 0.717) is 18.8 Å². The lowest BCUT2D eigenvalue weighted by atomic mass is 10.1. The third kappa shape index (κ3) is 5.78. The lowest BCUT2D eigenvalue weighted by Gasteiger charge is -2.27. The maximum Gasteiger partial charge on any atom is 0.335 e. The van der Waals surface area contributed by atoms with E-state index in [1.54, 1.807) is 6.07 Å². The molecule has 30 heavy (non-hydrogen) atoms. The van der Waals surface area contributed by atoms with Crippen LogP contribution in [0.4, 0.5) is 11.4 Å². The van der Waals surface area contributed by atoms with Crippen LogP contribution in [0.3, 0.4) is 0 Å². The average molecular weight is 456 g/mol. The molecule has 0 saturated heterocycles. The average Bonchev–Trinajstić information content (AvgIpc) is 2.68. The third-order valence-corrected chi connectivity index (χ3v) is 6.06. The van der Waals surface area contributed by atoms with Gasteiger partial charge in [0.15, 0.2) is 0 Å². The molecular formula is C20H26ClN3O5S. The van der Waals surface area contributed by atoms with Gasteiger partial charge in [-0.05, 0) is 57.4 Å². The minimum absolute atomic E-state index is 0.0295. The number of nitrogens with zero attached hydrogens (tertiary/aromatic N) is 2. The van der Waals surface area contributed by atoms with Crippen molar-refractivity contribution in [2.75, 3.05) is 50.5 Å². The second-order valence-electron chi connectivity index (χ2n) is 6.82. The van der Waals surface area contributed by atoms with Crippen LogP contribution in [-0.2, 0) is 10.0 Å². The fourth-order valence-electron chi connectivity index (χ4n) is 2.86. The molecule has 0 saturated carbocycles. The SMILES string of the molecule is CCN(CCN(C)C)c1ccc(C(=O)O)cc1NS(=O)(=O)c1cc(Cl)ccc1OC. The van der Waals surface area contributed by atoms with E-state index in [9.17, 15) is 18.3 Å². The number of hydrogen-bond acceptors (Lipinski definition) is 6. The summed E-state index contributed by atoms with van der Waals surface area (Å²) >= 11 is 5.99. The highest BCUT2D eigenvalue weighted by atomic mass is 35.5. The number of carboxylic acids is 1. The van der Waals surface area contributed by atoms with Crippen molar-refractivity contribution in [1.29, 1.82) is 0 Å². The van der Waals surface area contributed by atoms with Crippen LogP contribution in [0, 0.1) is 0 Å². The first-order valence-electron chi connectivity index (χ1n) is 9.22. The summed E-state index contributed by atoms with van der Waals surface area (Å²) in [6, 6.07) is 8.64. The molecule has 0 atom stereocenters. The van der Waals surface area contributed by atoms with Crippen LogP contribution < -0.4 is 14.4 Å². The van der Waals surface area contributed by atoms with Gasteiger partial charge in [-0.15, -0.1) is 0 Å². The number of nitrogens with one attached hydrogen (secondary N) is 1. The predicted octanol–water partition coefficient (Wildman–Crippen LogP) is 3.24. The minimum atomic E-state index is -4.11. The molecule has 0 radical (unpaired) electrons. The number of benzene rings is 2. The van der Waals surface area contributed by atoms with Gasteiger partial charge in [0, 0.05) is 24.7 Å². The van der Waals surface area contributed by atoms with Crippen LogP contribution in [0.25, 0.3) is 0 Å². The van der Waals surface area contributed by atoms with Crippen molar-refractivity contribution in [3.63, 3.8) is 0 Å². The number of anilines is 2. The molecule has 8 nitrogen and oxygen atoms in total. The Morgan fingerprint density at radius 1 is 1.17 bits per heavy atom. The first-order chi connectivity index (χ1) is 14.1. The maximum atomic E-state index is 13.1. The van der Waals surface area contributed by atoms with E-state index in [4.69, 9.17) is 16.3 Å². The molecule has 0 aromatic heterocycles. The fourth-order valence-corrected chi connectivity index (χ4v) is 4.35. The summed E-state index contributed by atoms with van der Waals surface area (Å²) in [4.78, 5) is 15.3. The van der Waals surface area contributed by atoms with Gasteiger partial charge in [-0.25, -0.2) is 13.2 Å². The zero-order valence-corrected chi connectivity index (χ0v) is 18.9. The van der Waals surface area contributed by atoms with Crippen LogP contribution in [0.5, 0.6) is 5.75 Å². The molecule has 2 rings (SSSR count). The van der Waals surface area contributed by atoms with Crippen molar-refractivity contribution >= 4 is 39.0 Å². The van der Waals surface area contributed by atoms with Crippen molar-refractivity contribution in [3.8, 4) is 5.75 Å². The number of halogens is 1. The van der Waals surface area contributed by atoms with E-state index in [2.05, 4.69) is 4.72 Å². The molecule has 0 amide bonds. The van der Waals surface area contributed by atoms with Crippen LogP contribution >= 0.6 is 11.6 Å². The van der Waals surface area contributed by atoms with E-state index in [-0.39, 0.29) is 26.9 Å². The lowest BCUT2D eigenvalue weighted by Crippen LogP contribution is -2.32. The topological polar surface area (TPSA) is 99.2 Å². The largest absolute Gasteiger partial charge is 0.495 e. The molecule has 2 aromatic carbocycles. The Morgan fingerprint density at radius 2 is 1.87 bits per heavy atom. The normalized spacial score (nSPS) is 11.4. The van der Waals surface area contributed by atoms with Crippen LogP contribution in [-0.4, -0.2) is 65.2 Å². The van der Waals surface area contributed by atoms with Gasteiger partial charge in [0.25, 0.3) is 10.0 Å². The summed E-state index contributed by atoms with van der Waals surface area (Å²) in [7, 11) is 1.14. The van der Waals surface area contributed by atoms with Crippen molar-refractivity contribution in [1.82, 2.24) is 4.90 Å². The zero-order chi connectivity index (χ0) is 22.5. The highest BCUT2D eigenvalue weighted by Crippen LogP contribution is 2.33. The smallest absolute Gasteiger partial charge is 0.335 e. The quantitative estimate of drug-likeness (QED) is 0.567. The number of aromatic carboxylic acids is 1. The highest BCUT2D eigenvalue weighted by Gasteiger charge is 2.23. The molecule has 0 aliphatic rings. The summed E-state index contributed by atoms with van der Waals surface area (Å²) in [5, 5.41) is 9.60. The molecular weight excluding hydrogens is 430 g/mol. The Labute approximate surface area is 182 Å². The van der Waals surface area contributed by atoms with E-state index in [0.717, 1.165) is 6.54 Å². The highest BCUT2D eigenvalue weighted by molar-refractivity contribution is 7.92. The summed E-state index contributed by atoms with van der Waals surface area (Å²) in [6.07, 6.45) is 0. The van der Waals surface area contributed by atoms with Gasteiger partial charge in [-0.2, -0.15) is 0 Å². The zero-order valence-electron chi connectivity index (χ0n) is 17.3.